The lowest BCUT2D eigenvalue weighted by Gasteiger charge is -2.10. The van der Waals surface area contributed by atoms with Crippen molar-refractivity contribution < 1.29 is 25.9 Å². The van der Waals surface area contributed by atoms with Gasteiger partial charge in [-0.1, -0.05) is 64.0 Å². The van der Waals surface area contributed by atoms with E-state index in [1.54, 1.807) is 0 Å². The van der Waals surface area contributed by atoms with Crippen LogP contribution in [-0.2, 0) is 26.7 Å². The van der Waals surface area contributed by atoms with Gasteiger partial charge in [0.05, 0.1) is 0 Å². The van der Waals surface area contributed by atoms with Gasteiger partial charge in [0.25, 0.3) is 20.2 Å². The lowest BCUT2D eigenvalue weighted by Crippen LogP contribution is -2.11. The van der Waals surface area contributed by atoms with Gasteiger partial charge in [-0.05, 0) is 24.5 Å². The van der Waals surface area contributed by atoms with Crippen LogP contribution in [0, 0.1) is 0 Å². The molecule has 0 aliphatic heterocycles. The average Bonchev–Trinajstić information content (AvgIpc) is 2.47. The second-order valence-electron chi connectivity index (χ2n) is 5.92. The Hall–Kier alpha value is -0.960. The molecule has 0 radical (unpaired) electrons. The lowest BCUT2D eigenvalue weighted by atomic mass is 10.0. The zero-order valence-electron chi connectivity index (χ0n) is 13.9. The van der Waals surface area contributed by atoms with Crippen LogP contribution in [-0.4, -0.2) is 25.9 Å². The van der Waals surface area contributed by atoms with Crippen LogP contribution in [0.2, 0.25) is 0 Å². The largest absolute Gasteiger partial charge is 0.296 e. The normalized spacial score (nSPS) is 12.5. The molecule has 0 atom stereocenters. The summed E-state index contributed by atoms with van der Waals surface area (Å²) in [6, 6.07) is 3.78. The van der Waals surface area contributed by atoms with Crippen molar-refractivity contribution in [2.75, 3.05) is 0 Å². The van der Waals surface area contributed by atoms with E-state index in [4.69, 9.17) is 4.55 Å². The quantitative estimate of drug-likeness (QED) is 0.447. The van der Waals surface area contributed by atoms with Crippen LogP contribution in [0.3, 0.4) is 0 Å². The van der Waals surface area contributed by atoms with E-state index in [0.29, 0.717) is 12.8 Å². The molecule has 1 aromatic carbocycles. The number of rotatable bonds is 11. The summed E-state index contributed by atoms with van der Waals surface area (Å²) in [5.74, 6) is 0. The highest BCUT2D eigenvalue weighted by Crippen LogP contribution is 2.26. The molecular weight excluding hydrogens is 352 g/mol. The van der Waals surface area contributed by atoms with Crippen molar-refractivity contribution in [2.45, 2.75) is 74.5 Å². The number of benzene rings is 1. The minimum atomic E-state index is -4.74. The van der Waals surface area contributed by atoms with E-state index in [1.807, 2.05) is 0 Å². The Morgan fingerprint density at radius 2 is 1.33 bits per heavy atom. The summed E-state index contributed by atoms with van der Waals surface area (Å²) in [6.07, 6.45) is 8.90. The van der Waals surface area contributed by atoms with Crippen LogP contribution in [0.25, 0.3) is 0 Å². The fourth-order valence-electron chi connectivity index (χ4n) is 2.70. The molecule has 24 heavy (non-hydrogen) atoms. The summed E-state index contributed by atoms with van der Waals surface area (Å²) in [4.78, 5) is -1.49. The van der Waals surface area contributed by atoms with E-state index >= 15 is 0 Å². The number of unbranched alkanes of at least 4 members (excludes halogenated alkanes) is 7. The van der Waals surface area contributed by atoms with Crippen molar-refractivity contribution in [2.24, 2.45) is 0 Å². The van der Waals surface area contributed by atoms with Crippen molar-refractivity contribution in [3.8, 4) is 0 Å². The highest BCUT2D eigenvalue weighted by molar-refractivity contribution is 7.89. The molecule has 0 fully saturated rings. The molecular formula is C16H26O6S2. The van der Waals surface area contributed by atoms with Crippen LogP contribution >= 0.6 is 0 Å². The van der Waals surface area contributed by atoms with Crippen LogP contribution in [0.15, 0.2) is 28.0 Å². The van der Waals surface area contributed by atoms with E-state index in [-0.39, 0.29) is 5.56 Å². The van der Waals surface area contributed by atoms with Gasteiger partial charge in [0.2, 0.25) is 0 Å². The van der Waals surface area contributed by atoms with Gasteiger partial charge < -0.3 is 0 Å². The smallest absolute Gasteiger partial charge is 0.282 e. The molecule has 0 amide bonds. The van der Waals surface area contributed by atoms with E-state index in [2.05, 4.69) is 6.92 Å². The van der Waals surface area contributed by atoms with Crippen molar-refractivity contribution >= 4 is 20.2 Å². The van der Waals surface area contributed by atoms with Gasteiger partial charge in [0.15, 0.2) is 0 Å². The fourth-order valence-corrected chi connectivity index (χ4v) is 4.77. The molecule has 0 saturated carbocycles. The first-order valence-corrected chi connectivity index (χ1v) is 11.1. The highest BCUT2D eigenvalue weighted by atomic mass is 32.2. The van der Waals surface area contributed by atoms with Gasteiger partial charge in [-0.15, -0.1) is 0 Å². The lowest BCUT2D eigenvalue weighted by molar-refractivity contribution is 0.464. The summed E-state index contributed by atoms with van der Waals surface area (Å²) < 4.78 is 64.2. The molecule has 0 aliphatic rings. The van der Waals surface area contributed by atoms with Gasteiger partial charge in [-0.25, -0.2) is 0 Å². The van der Waals surface area contributed by atoms with E-state index in [1.165, 1.54) is 37.8 Å². The minimum Gasteiger partial charge on any atom is -0.282 e. The molecule has 0 spiro atoms. The Morgan fingerprint density at radius 3 is 1.83 bits per heavy atom. The van der Waals surface area contributed by atoms with Crippen molar-refractivity contribution in [1.29, 1.82) is 0 Å². The summed E-state index contributed by atoms with van der Waals surface area (Å²) in [7, 11) is -9.47. The molecule has 0 unspecified atom stereocenters. The van der Waals surface area contributed by atoms with Crippen LogP contribution < -0.4 is 0 Å². The number of aryl methyl sites for hydroxylation is 1. The molecule has 8 heteroatoms. The zero-order valence-corrected chi connectivity index (χ0v) is 15.6. The molecule has 2 N–H and O–H groups in total. The van der Waals surface area contributed by atoms with Crippen molar-refractivity contribution in [1.82, 2.24) is 0 Å². The monoisotopic (exact) mass is 378 g/mol. The first-order chi connectivity index (χ1) is 11.2. The highest BCUT2D eigenvalue weighted by Gasteiger charge is 2.26. The SMILES string of the molecule is CCCCCCCCCCc1cccc(S(=O)(=O)O)c1S(=O)(=O)O. The van der Waals surface area contributed by atoms with Crippen LogP contribution in [0.1, 0.15) is 63.9 Å². The predicted molar refractivity (Wildman–Crippen MR) is 92.4 cm³/mol. The Kier molecular flexibility index (Phi) is 8.35. The predicted octanol–water partition coefficient (Wildman–Crippen LogP) is 3.86. The second kappa shape index (κ2) is 9.50. The van der Waals surface area contributed by atoms with E-state index in [9.17, 15) is 21.4 Å². The Morgan fingerprint density at radius 1 is 0.792 bits per heavy atom. The fraction of sp³-hybridized carbons (Fsp3) is 0.625. The topological polar surface area (TPSA) is 109 Å². The zero-order chi connectivity index (χ0) is 18.2. The molecule has 1 aromatic rings. The first-order valence-electron chi connectivity index (χ1n) is 8.24. The van der Waals surface area contributed by atoms with Crippen LogP contribution in [0.4, 0.5) is 0 Å². The van der Waals surface area contributed by atoms with Gasteiger partial charge >= 0.3 is 0 Å². The number of hydrogen-bond donors (Lipinski definition) is 2. The van der Waals surface area contributed by atoms with Gasteiger partial charge in [-0.3, -0.25) is 9.11 Å². The summed E-state index contributed by atoms with van der Waals surface area (Å²) >= 11 is 0. The van der Waals surface area contributed by atoms with E-state index in [0.717, 1.165) is 25.3 Å². The van der Waals surface area contributed by atoms with E-state index < -0.39 is 30.0 Å². The average molecular weight is 379 g/mol. The summed E-state index contributed by atoms with van der Waals surface area (Å²) in [6.45, 7) is 2.16. The molecule has 6 nitrogen and oxygen atoms in total. The maximum absolute atomic E-state index is 11.5. The molecule has 1 rings (SSSR count). The standard InChI is InChI=1S/C16H26O6S2/c1-2-3-4-5-6-7-8-9-11-14-12-10-13-15(23(17,18)19)16(14)24(20,21)22/h10,12-13H,2-9,11H2,1H3,(H,17,18,19)(H,20,21,22). The maximum atomic E-state index is 11.5. The third-order valence-corrected chi connectivity index (χ3v) is 5.92. The number of hydrogen-bond acceptors (Lipinski definition) is 4. The van der Waals surface area contributed by atoms with Gasteiger partial charge in [0.1, 0.15) is 9.79 Å². The van der Waals surface area contributed by atoms with Crippen molar-refractivity contribution in [3.63, 3.8) is 0 Å². The Bertz CT molecular complexity index is 723. The molecule has 138 valence electrons. The Labute approximate surface area is 144 Å². The summed E-state index contributed by atoms with van der Waals surface area (Å²) in [5.41, 5.74) is 0.207. The van der Waals surface area contributed by atoms with Gasteiger partial charge in [-0.2, -0.15) is 16.8 Å². The molecule has 0 aromatic heterocycles. The molecule has 0 bridgehead atoms. The molecule has 0 saturated heterocycles. The Balaban J connectivity index is 2.72. The molecule has 0 heterocycles. The van der Waals surface area contributed by atoms with Crippen LogP contribution in [0.5, 0.6) is 0 Å². The first kappa shape index (κ1) is 21.1. The van der Waals surface area contributed by atoms with Gasteiger partial charge in [0, 0.05) is 0 Å². The third-order valence-electron chi connectivity index (χ3n) is 3.90. The second-order valence-corrected chi connectivity index (χ2v) is 8.67. The molecule has 0 aliphatic carbocycles. The minimum absolute atomic E-state index is 0.207. The maximum Gasteiger partial charge on any atom is 0.296 e. The summed E-state index contributed by atoms with van der Waals surface area (Å²) in [5, 5.41) is 0. The van der Waals surface area contributed by atoms with Crippen molar-refractivity contribution in [3.05, 3.63) is 23.8 Å². The third kappa shape index (κ3) is 6.88.